The van der Waals surface area contributed by atoms with E-state index in [2.05, 4.69) is 15.7 Å². The summed E-state index contributed by atoms with van der Waals surface area (Å²) in [7, 11) is 0. The maximum absolute atomic E-state index is 11.7. The Hall–Kier alpha value is -2.67. The fourth-order valence-corrected chi connectivity index (χ4v) is 1.96. The molecule has 0 aliphatic carbocycles. The van der Waals surface area contributed by atoms with E-state index in [0.717, 1.165) is 11.1 Å². The van der Waals surface area contributed by atoms with Crippen molar-refractivity contribution in [2.45, 2.75) is 13.1 Å². The number of benzene rings is 1. The molecule has 0 aliphatic heterocycles. The summed E-state index contributed by atoms with van der Waals surface area (Å²) in [4.78, 5) is 22.7. The maximum Gasteiger partial charge on any atom is 0.239 e. The van der Waals surface area contributed by atoms with Gasteiger partial charge in [0.25, 0.3) is 0 Å². The van der Waals surface area contributed by atoms with Crippen LogP contribution in [0.5, 0.6) is 0 Å². The van der Waals surface area contributed by atoms with Crippen LogP contribution in [0.3, 0.4) is 0 Å². The molecule has 0 radical (unpaired) electrons. The van der Waals surface area contributed by atoms with Gasteiger partial charge in [0, 0.05) is 18.9 Å². The van der Waals surface area contributed by atoms with Gasteiger partial charge in [0.2, 0.25) is 11.8 Å². The van der Waals surface area contributed by atoms with Crippen LogP contribution in [0.1, 0.15) is 11.1 Å². The Labute approximate surface area is 128 Å². The van der Waals surface area contributed by atoms with E-state index in [1.807, 2.05) is 41.2 Å². The molecular formula is C15H19N5O2. The second-order valence-corrected chi connectivity index (χ2v) is 4.73. The third-order valence-corrected chi connectivity index (χ3v) is 3.12. The van der Waals surface area contributed by atoms with Gasteiger partial charge in [0.15, 0.2) is 0 Å². The smallest absolute Gasteiger partial charge is 0.239 e. The van der Waals surface area contributed by atoms with Gasteiger partial charge < -0.3 is 16.4 Å². The van der Waals surface area contributed by atoms with Gasteiger partial charge in [-0.2, -0.15) is 5.10 Å². The second kappa shape index (κ2) is 7.94. The summed E-state index contributed by atoms with van der Waals surface area (Å²) in [6.45, 7) is 0.842. The zero-order valence-electron chi connectivity index (χ0n) is 12.2. The van der Waals surface area contributed by atoms with Gasteiger partial charge >= 0.3 is 0 Å². The third-order valence-electron chi connectivity index (χ3n) is 3.12. The molecule has 0 saturated heterocycles. The number of nitrogens with one attached hydrogen (secondary N) is 2. The molecule has 1 aromatic carbocycles. The lowest BCUT2D eigenvalue weighted by molar-refractivity contribution is -0.125. The Kier molecular flexibility index (Phi) is 5.67. The average Bonchev–Trinajstić information content (AvgIpc) is 3.04. The molecule has 1 aromatic heterocycles. The number of rotatable bonds is 7. The molecular weight excluding hydrogens is 282 g/mol. The Bertz CT molecular complexity index is 625. The molecule has 2 amide bonds. The highest BCUT2D eigenvalue weighted by Gasteiger charge is 2.06. The van der Waals surface area contributed by atoms with Crippen molar-refractivity contribution in [2.75, 3.05) is 13.1 Å². The number of hydrogen-bond acceptors (Lipinski definition) is 4. The topological polar surface area (TPSA) is 102 Å². The van der Waals surface area contributed by atoms with Gasteiger partial charge in [0.1, 0.15) is 0 Å². The fourth-order valence-electron chi connectivity index (χ4n) is 1.96. The molecule has 1 heterocycles. The first-order valence-electron chi connectivity index (χ1n) is 6.96. The SMILES string of the molecule is NCC(=O)NCC(=O)NCc1ccccc1Cn1cccn1. The van der Waals surface area contributed by atoms with Crippen molar-refractivity contribution in [1.82, 2.24) is 20.4 Å². The molecule has 2 rings (SSSR count). The van der Waals surface area contributed by atoms with Crippen molar-refractivity contribution in [1.29, 1.82) is 0 Å². The summed E-state index contributed by atoms with van der Waals surface area (Å²) in [5.41, 5.74) is 7.25. The lowest BCUT2D eigenvalue weighted by Gasteiger charge is -2.11. The van der Waals surface area contributed by atoms with E-state index >= 15 is 0 Å². The summed E-state index contributed by atoms with van der Waals surface area (Å²) in [6, 6.07) is 9.69. The van der Waals surface area contributed by atoms with Crippen LogP contribution < -0.4 is 16.4 Å². The molecule has 116 valence electrons. The predicted octanol–water partition coefficient (Wildman–Crippen LogP) is -0.377. The zero-order valence-corrected chi connectivity index (χ0v) is 12.2. The first-order chi connectivity index (χ1) is 10.7. The van der Waals surface area contributed by atoms with Gasteiger partial charge in [-0.15, -0.1) is 0 Å². The van der Waals surface area contributed by atoms with Crippen LogP contribution >= 0.6 is 0 Å². The minimum atomic E-state index is -0.353. The van der Waals surface area contributed by atoms with Crippen LogP contribution in [0.25, 0.3) is 0 Å². The predicted molar refractivity (Wildman–Crippen MR) is 81.7 cm³/mol. The van der Waals surface area contributed by atoms with E-state index in [9.17, 15) is 9.59 Å². The van der Waals surface area contributed by atoms with Gasteiger partial charge in [-0.05, 0) is 17.2 Å². The molecule has 4 N–H and O–H groups in total. The lowest BCUT2D eigenvalue weighted by Crippen LogP contribution is -2.39. The van der Waals surface area contributed by atoms with Crippen molar-refractivity contribution in [3.63, 3.8) is 0 Å². The lowest BCUT2D eigenvalue weighted by atomic mass is 10.1. The fraction of sp³-hybridized carbons (Fsp3) is 0.267. The number of nitrogens with zero attached hydrogens (tertiary/aromatic N) is 2. The van der Waals surface area contributed by atoms with E-state index < -0.39 is 0 Å². The van der Waals surface area contributed by atoms with Crippen LogP contribution in [-0.4, -0.2) is 34.7 Å². The minimum absolute atomic E-state index is 0.0721. The number of aromatic nitrogens is 2. The summed E-state index contributed by atoms with van der Waals surface area (Å²) >= 11 is 0. The Morgan fingerprint density at radius 2 is 1.86 bits per heavy atom. The van der Waals surface area contributed by atoms with E-state index in [4.69, 9.17) is 5.73 Å². The summed E-state index contributed by atoms with van der Waals surface area (Å²) < 4.78 is 1.82. The molecule has 2 aromatic rings. The van der Waals surface area contributed by atoms with Gasteiger partial charge in [-0.1, -0.05) is 24.3 Å². The normalized spacial score (nSPS) is 10.2. The van der Waals surface area contributed by atoms with Crippen molar-refractivity contribution >= 4 is 11.8 Å². The Balaban J connectivity index is 1.90. The molecule has 7 heteroatoms. The van der Waals surface area contributed by atoms with Crippen molar-refractivity contribution in [2.24, 2.45) is 5.73 Å². The Morgan fingerprint density at radius 1 is 1.09 bits per heavy atom. The molecule has 22 heavy (non-hydrogen) atoms. The van der Waals surface area contributed by atoms with Crippen LogP contribution in [0.15, 0.2) is 42.7 Å². The van der Waals surface area contributed by atoms with Crippen LogP contribution in [0, 0.1) is 0 Å². The van der Waals surface area contributed by atoms with E-state index in [-0.39, 0.29) is 24.9 Å². The highest BCUT2D eigenvalue weighted by Crippen LogP contribution is 2.10. The highest BCUT2D eigenvalue weighted by atomic mass is 16.2. The number of carbonyl (C=O) groups is 2. The number of nitrogens with two attached hydrogens (primary N) is 1. The largest absolute Gasteiger partial charge is 0.350 e. The standard InChI is InChI=1S/C15H19N5O2/c16-8-14(21)18-10-15(22)17-9-12-4-1-2-5-13(12)11-20-7-3-6-19-20/h1-7H,8-11,16H2,(H,17,22)(H,18,21). The summed E-state index contributed by atoms with van der Waals surface area (Å²) in [5.74, 6) is -0.607. The Morgan fingerprint density at radius 3 is 2.55 bits per heavy atom. The minimum Gasteiger partial charge on any atom is -0.350 e. The summed E-state index contributed by atoms with van der Waals surface area (Å²) in [6.07, 6.45) is 3.61. The first kappa shape index (κ1) is 15.7. The molecule has 0 bridgehead atoms. The van der Waals surface area contributed by atoms with Crippen LogP contribution in [0.4, 0.5) is 0 Å². The number of carbonyl (C=O) groups excluding carboxylic acids is 2. The third kappa shape index (κ3) is 4.71. The van der Waals surface area contributed by atoms with Crippen molar-refractivity contribution in [3.8, 4) is 0 Å². The summed E-state index contributed by atoms with van der Waals surface area (Å²) in [5, 5.41) is 9.38. The van der Waals surface area contributed by atoms with E-state index in [1.165, 1.54) is 0 Å². The van der Waals surface area contributed by atoms with Crippen molar-refractivity contribution in [3.05, 3.63) is 53.9 Å². The molecule has 0 aliphatic rings. The van der Waals surface area contributed by atoms with E-state index in [1.54, 1.807) is 6.20 Å². The van der Waals surface area contributed by atoms with Gasteiger partial charge in [0.05, 0.1) is 19.6 Å². The van der Waals surface area contributed by atoms with Crippen LogP contribution in [0.2, 0.25) is 0 Å². The van der Waals surface area contributed by atoms with E-state index in [0.29, 0.717) is 13.1 Å². The van der Waals surface area contributed by atoms with Crippen molar-refractivity contribution < 1.29 is 9.59 Å². The maximum atomic E-state index is 11.7. The highest BCUT2D eigenvalue weighted by molar-refractivity contribution is 5.85. The molecule has 0 saturated carbocycles. The number of hydrogen-bond donors (Lipinski definition) is 3. The monoisotopic (exact) mass is 301 g/mol. The second-order valence-electron chi connectivity index (χ2n) is 4.73. The van der Waals surface area contributed by atoms with Crippen LogP contribution in [-0.2, 0) is 22.7 Å². The molecule has 0 atom stereocenters. The quantitative estimate of drug-likeness (QED) is 0.649. The molecule has 0 spiro atoms. The van der Waals surface area contributed by atoms with Gasteiger partial charge in [-0.25, -0.2) is 0 Å². The molecule has 0 unspecified atom stereocenters. The zero-order chi connectivity index (χ0) is 15.8. The molecule has 0 fully saturated rings. The van der Waals surface area contributed by atoms with Gasteiger partial charge in [-0.3, -0.25) is 14.3 Å². The average molecular weight is 301 g/mol. The number of amides is 2. The first-order valence-corrected chi connectivity index (χ1v) is 6.96. The molecule has 7 nitrogen and oxygen atoms in total.